The minimum atomic E-state index is -4.67. The fraction of sp³-hybridized carbons (Fsp3) is 0.227. The van der Waals surface area contributed by atoms with Crippen LogP contribution in [0.25, 0.3) is 0 Å². The maximum absolute atomic E-state index is 13.3. The summed E-state index contributed by atoms with van der Waals surface area (Å²) in [5, 5.41) is 11.5. The standard InChI is InChI=1S/C22H22F3N4O3P/c1-21(2,3)16-11-17(29-32-16)28-20(31)27-13-9-7-12(8-10-13)26-19(30)18-14(22(23,24)25)5-4-6-15(18)33/h4-11H,33H2,1-3H3,(H,26,30)(H2,27,28,29,31). The van der Waals surface area contributed by atoms with Crippen LogP contribution in [0.5, 0.6) is 0 Å². The summed E-state index contributed by atoms with van der Waals surface area (Å²) in [7, 11) is 2.14. The number of carbonyl (C=O) groups excluding carboxylic acids is 2. The molecule has 1 aromatic heterocycles. The third kappa shape index (κ3) is 6.10. The molecule has 0 saturated carbocycles. The van der Waals surface area contributed by atoms with Crippen LogP contribution in [0.4, 0.5) is 35.2 Å². The summed E-state index contributed by atoms with van der Waals surface area (Å²) in [6.45, 7) is 5.83. The highest BCUT2D eigenvalue weighted by atomic mass is 31.0. The Kier molecular flexibility index (Phi) is 6.78. The van der Waals surface area contributed by atoms with Gasteiger partial charge in [0, 0.05) is 22.9 Å². The Hall–Kier alpha value is -3.39. The molecule has 0 aliphatic rings. The van der Waals surface area contributed by atoms with Crippen LogP contribution in [0.3, 0.4) is 0 Å². The van der Waals surface area contributed by atoms with Gasteiger partial charge in [0.2, 0.25) is 0 Å². The molecule has 0 radical (unpaired) electrons. The molecule has 0 aliphatic carbocycles. The predicted molar refractivity (Wildman–Crippen MR) is 123 cm³/mol. The minimum Gasteiger partial charge on any atom is -0.359 e. The molecule has 3 amide bonds. The van der Waals surface area contributed by atoms with E-state index >= 15 is 0 Å². The van der Waals surface area contributed by atoms with Crippen molar-refractivity contribution in [1.29, 1.82) is 0 Å². The Morgan fingerprint density at radius 2 is 1.55 bits per heavy atom. The van der Waals surface area contributed by atoms with Crippen LogP contribution in [0.15, 0.2) is 53.1 Å². The molecule has 1 heterocycles. The van der Waals surface area contributed by atoms with Gasteiger partial charge in [0.15, 0.2) is 5.82 Å². The first-order chi connectivity index (χ1) is 15.3. The number of aromatic nitrogens is 1. The highest BCUT2D eigenvalue weighted by molar-refractivity contribution is 7.27. The van der Waals surface area contributed by atoms with Crippen LogP contribution < -0.4 is 21.3 Å². The smallest absolute Gasteiger partial charge is 0.359 e. The van der Waals surface area contributed by atoms with Gasteiger partial charge < -0.3 is 15.2 Å². The normalized spacial score (nSPS) is 11.7. The Labute approximate surface area is 190 Å². The lowest BCUT2D eigenvalue weighted by Gasteiger charge is -2.15. The van der Waals surface area contributed by atoms with Gasteiger partial charge in [-0.3, -0.25) is 10.1 Å². The lowest BCUT2D eigenvalue weighted by molar-refractivity contribution is -0.137. The van der Waals surface area contributed by atoms with Crippen molar-refractivity contribution in [3.05, 3.63) is 65.4 Å². The molecule has 7 nitrogen and oxygen atoms in total. The Morgan fingerprint density at radius 3 is 2.09 bits per heavy atom. The number of amides is 3. The van der Waals surface area contributed by atoms with Gasteiger partial charge in [0.05, 0.1) is 11.1 Å². The molecular weight excluding hydrogens is 456 g/mol. The van der Waals surface area contributed by atoms with Gasteiger partial charge >= 0.3 is 12.2 Å². The van der Waals surface area contributed by atoms with Crippen LogP contribution in [0, 0.1) is 0 Å². The number of rotatable bonds is 4. The van der Waals surface area contributed by atoms with Crippen LogP contribution in [0.2, 0.25) is 0 Å². The molecule has 3 rings (SSSR count). The number of carbonyl (C=O) groups is 2. The number of hydrogen-bond donors (Lipinski definition) is 3. The zero-order chi connectivity index (χ0) is 24.4. The summed E-state index contributed by atoms with van der Waals surface area (Å²) in [5.74, 6) is -0.0384. The number of hydrogen-bond acceptors (Lipinski definition) is 4. The van der Waals surface area contributed by atoms with Crippen LogP contribution in [-0.2, 0) is 11.6 Å². The first-order valence-electron chi connectivity index (χ1n) is 9.77. The maximum atomic E-state index is 13.3. The average Bonchev–Trinajstić information content (AvgIpc) is 3.17. The van der Waals surface area contributed by atoms with E-state index in [1.165, 1.54) is 36.4 Å². The molecule has 174 valence electrons. The topological polar surface area (TPSA) is 96.3 Å². The second-order valence-electron chi connectivity index (χ2n) is 8.20. The summed E-state index contributed by atoms with van der Waals surface area (Å²) < 4.78 is 45.0. The van der Waals surface area contributed by atoms with Crippen molar-refractivity contribution in [2.75, 3.05) is 16.0 Å². The van der Waals surface area contributed by atoms with Gasteiger partial charge in [0.1, 0.15) is 5.76 Å². The van der Waals surface area contributed by atoms with Crippen molar-refractivity contribution in [3.8, 4) is 0 Å². The van der Waals surface area contributed by atoms with E-state index in [1.807, 2.05) is 20.8 Å². The quantitative estimate of drug-likeness (QED) is 0.438. The number of urea groups is 1. The molecule has 0 aliphatic heterocycles. The van der Waals surface area contributed by atoms with Crippen LogP contribution in [0.1, 0.15) is 42.5 Å². The van der Waals surface area contributed by atoms with Crippen LogP contribution in [-0.4, -0.2) is 17.1 Å². The molecule has 3 aromatic rings. The molecule has 3 N–H and O–H groups in total. The number of halogens is 3. The number of alkyl halides is 3. The van der Waals surface area contributed by atoms with Gasteiger partial charge in [0.25, 0.3) is 5.91 Å². The predicted octanol–water partition coefficient (Wildman–Crippen LogP) is 5.39. The van der Waals surface area contributed by atoms with E-state index in [-0.39, 0.29) is 22.2 Å². The molecule has 33 heavy (non-hydrogen) atoms. The number of nitrogens with zero attached hydrogens (tertiary/aromatic N) is 1. The van der Waals surface area contributed by atoms with E-state index < -0.39 is 29.2 Å². The molecule has 1 atom stereocenters. The average molecular weight is 478 g/mol. The Bertz CT molecular complexity index is 1170. The highest BCUT2D eigenvalue weighted by Gasteiger charge is 2.36. The number of benzene rings is 2. The SMILES string of the molecule is CC(C)(C)c1cc(NC(=O)Nc2ccc(NC(=O)c3c(P)cccc3C(F)(F)F)cc2)no1. The van der Waals surface area contributed by atoms with Gasteiger partial charge in [-0.05, 0) is 35.6 Å². The van der Waals surface area contributed by atoms with E-state index in [0.29, 0.717) is 11.4 Å². The number of nitrogens with one attached hydrogen (secondary N) is 3. The zero-order valence-corrected chi connectivity index (χ0v) is 19.2. The van der Waals surface area contributed by atoms with E-state index in [0.717, 1.165) is 6.07 Å². The lowest BCUT2D eigenvalue weighted by Crippen LogP contribution is -2.24. The van der Waals surface area contributed by atoms with Crippen molar-refractivity contribution in [1.82, 2.24) is 5.16 Å². The second-order valence-corrected chi connectivity index (χ2v) is 8.83. The molecule has 0 spiro atoms. The summed E-state index contributed by atoms with van der Waals surface area (Å²) in [5.41, 5.74) is -1.10. The Balaban J connectivity index is 1.65. The van der Waals surface area contributed by atoms with Gasteiger partial charge in [-0.1, -0.05) is 38.1 Å². The fourth-order valence-corrected chi connectivity index (χ4v) is 3.25. The molecule has 0 saturated heterocycles. The zero-order valence-electron chi connectivity index (χ0n) is 18.0. The Morgan fingerprint density at radius 1 is 0.939 bits per heavy atom. The minimum absolute atomic E-state index is 0.125. The van der Waals surface area contributed by atoms with Crippen molar-refractivity contribution >= 4 is 43.7 Å². The van der Waals surface area contributed by atoms with Gasteiger partial charge in [-0.25, -0.2) is 4.79 Å². The number of anilines is 3. The van der Waals surface area contributed by atoms with Crippen molar-refractivity contribution in [2.24, 2.45) is 0 Å². The third-order valence-corrected chi connectivity index (χ3v) is 5.00. The maximum Gasteiger partial charge on any atom is 0.417 e. The third-order valence-electron chi connectivity index (χ3n) is 4.52. The van der Waals surface area contributed by atoms with Gasteiger partial charge in [-0.2, -0.15) is 13.2 Å². The lowest BCUT2D eigenvalue weighted by atomic mass is 9.93. The molecule has 2 aromatic carbocycles. The monoisotopic (exact) mass is 478 g/mol. The van der Waals surface area contributed by atoms with Crippen molar-refractivity contribution in [3.63, 3.8) is 0 Å². The summed E-state index contributed by atoms with van der Waals surface area (Å²) in [6.07, 6.45) is -4.67. The van der Waals surface area contributed by atoms with E-state index in [9.17, 15) is 22.8 Å². The molecular formula is C22H22F3N4O3P. The summed E-state index contributed by atoms with van der Waals surface area (Å²) >= 11 is 0. The molecule has 0 fully saturated rings. The van der Waals surface area contributed by atoms with E-state index in [4.69, 9.17) is 4.52 Å². The first kappa shape index (κ1) is 24.3. The first-order valence-corrected chi connectivity index (χ1v) is 10.3. The highest BCUT2D eigenvalue weighted by Crippen LogP contribution is 2.32. The van der Waals surface area contributed by atoms with Crippen LogP contribution >= 0.6 is 9.24 Å². The largest absolute Gasteiger partial charge is 0.417 e. The summed E-state index contributed by atoms with van der Waals surface area (Å²) in [4.78, 5) is 24.7. The summed E-state index contributed by atoms with van der Waals surface area (Å²) in [6, 6.07) is 10.5. The van der Waals surface area contributed by atoms with E-state index in [2.05, 4.69) is 30.3 Å². The van der Waals surface area contributed by atoms with Crippen molar-refractivity contribution in [2.45, 2.75) is 32.4 Å². The van der Waals surface area contributed by atoms with E-state index in [1.54, 1.807) is 6.07 Å². The van der Waals surface area contributed by atoms with Gasteiger partial charge in [-0.15, -0.1) is 9.24 Å². The second kappa shape index (κ2) is 9.23. The van der Waals surface area contributed by atoms with Crippen molar-refractivity contribution < 1.29 is 27.3 Å². The fourth-order valence-electron chi connectivity index (χ4n) is 2.86. The molecule has 0 bridgehead atoms. The molecule has 1 unspecified atom stereocenters. The molecule has 11 heteroatoms.